The van der Waals surface area contributed by atoms with Crippen LogP contribution in [0.3, 0.4) is 0 Å². The Morgan fingerprint density at radius 1 is 1.16 bits per heavy atom. The Morgan fingerprint density at radius 2 is 1.72 bits per heavy atom. The van der Waals surface area contributed by atoms with Crippen molar-refractivity contribution in [3.05, 3.63) is 0 Å². The van der Waals surface area contributed by atoms with Crippen LogP contribution >= 0.6 is 24.8 Å². The minimum atomic E-state index is -0.000726. The van der Waals surface area contributed by atoms with Crippen molar-refractivity contribution in [2.45, 2.75) is 52.5 Å². The van der Waals surface area contributed by atoms with Gasteiger partial charge in [0.15, 0.2) is 0 Å². The van der Waals surface area contributed by atoms with Gasteiger partial charge in [0.2, 0.25) is 5.91 Å². The van der Waals surface area contributed by atoms with E-state index in [4.69, 9.17) is 4.74 Å². The summed E-state index contributed by atoms with van der Waals surface area (Å²) in [7, 11) is 0. The Hall–Kier alpha value is -0.0700. The van der Waals surface area contributed by atoms with E-state index in [1.54, 1.807) is 0 Å². The average molecular weight is 398 g/mol. The Bertz CT molecular complexity index is 369. The van der Waals surface area contributed by atoms with Crippen molar-refractivity contribution in [1.29, 1.82) is 0 Å². The fraction of sp³-hybridized carbons (Fsp3) is 0.944. The lowest BCUT2D eigenvalue weighted by Gasteiger charge is -2.39. The topological polar surface area (TPSA) is 53.6 Å². The van der Waals surface area contributed by atoms with Crippen LogP contribution in [0.15, 0.2) is 0 Å². The average Bonchev–Trinajstić information content (AvgIpc) is 2.59. The van der Waals surface area contributed by atoms with E-state index < -0.39 is 0 Å². The molecule has 0 aliphatic carbocycles. The first kappa shape index (κ1) is 24.9. The van der Waals surface area contributed by atoms with Crippen LogP contribution in [0.2, 0.25) is 0 Å². The summed E-state index contributed by atoms with van der Waals surface area (Å²) in [5.74, 6) is 0.647. The fourth-order valence-electron chi connectivity index (χ4n) is 3.88. The minimum absolute atomic E-state index is 0. The van der Waals surface area contributed by atoms with Crippen LogP contribution in [0.25, 0.3) is 0 Å². The molecule has 2 aliphatic rings. The fourth-order valence-corrected chi connectivity index (χ4v) is 3.88. The number of carbonyl (C=O) groups excluding carboxylic acids is 1. The third-order valence-electron chi connectivity index (χ3n) is 5.70. The molecule has 25 heavy (non-hydrogen) atoms. The maximum absolute atomic E-state index is 13.0. The number of ether oxygens (including phenoxy) is 1. The molecule has 1 atom stereocenters. The highest BCUT2D eigenvalue weighted by Gasteiger charge is 2.34. The summed E-state index contributed by atoms with van der Waals surface area (Å²) in [4.78, 5) is 15.3. The Morgan fingerprint density at radius 3 is 2.24 bits per heavy atom. The van der Waals surface area contributed by atoms with Crippen molar-refractivity contribution in [3.63, 3.8) is 0 Å². The summed E-state index contributed by atoms with van der Waals surface area (Å²) in [5, 5.41) is 6.69. The van der Waals surface area contributed by atoms with E-state index >= 15 is 0 Å². The Balaban J connectivity index is 0.00000288. The van der Waals surface area contributed by atoms with Gasteiger partial charge in [-0.25, -0.2) is 0 Å². The molecule has 0 bridgehead atoms. The zero-order valence-corrected chi connectivity index (χ0v) is 17.6. The van der Waals surface area contributed by atoms with Gasteiger partial charge in [0.25, 0.3) is 0 Å². The molecule has 2 saturated heterocycles. The van der Waals surface area contributed by atoms with Crippen LogP contribution < -0.4 is 10.6 Å². The summed E-state index contributed by atoms with van der Waals surface area (Å²) in [6.45, 7) is 12.8. The first-order valence-corrected chi connectivity index (χ1v) is 9.40. The molecule has 0 aromatic rings. The van der Waals surface area contributed by atoms with Crippen LogP contribution in [0.4, 0.5) is 0 Å². The lowest BCUT2D eigenvalue weighted by Crippen LogP contribution is -2.55. The van der Waals surface area contributed by atoms with Crippen LogP contribution in [0.5, 0.6) is 0 Å². The van der Waals surface area contributed by atoms with Gasteiger partial charge in [0.1, 0.15) is 0 Å². The second kappa shape index (κ2) is 12.3. The van der Waals surface area contributed by atoms with Crippen LogP contribution in [-0.2, 0) is 9.53 Å². The monoisotopic (exact) mass is 397 g/mol. The molecule has 0 spiro atoms. The van der Waals surface area contributed by atoms with Crippen molar-refractivity contribution in [1.82, 2.24) is 15.5 Å². The Kier molecular flexibility index (Phi) is 12.3. The van der Waals surface area contributed by atoms with Crippen LogP contribution in [-0.4, -0.2) is 62.8 Å². The van der Waals surface area contributed by atoms with E-state index in [-0.39, 0.29) is 42.2 Å². The van der Waals surface area contributed by atoms with Crippen molar-refractivity contribution in [2.75, 3.05) is 45.9 Å². The quantitative estimate of drug-likeness (QED) is 0.692. The molecule has 1 unspecified atom stereocenters. The predicted molar refractivity (Wildman–Crippen MR) is 108 cm³/mol. The number of nitrogens with one attached hydrogen (secondary N) is 2. The second-order valence-corrected chi connectivity index (χ2v) is 7.45. The molecular formula is C18H37Cl2N3O2. The Labute approximate surface area is 165 Å². The van der Waals surface area contributed by atoms with Crippen LogP contribution in [0.1, 0.15) is 46.5 Å². The number of piperidine rings is 1. The maximum Gasteiger partial charge on any atom is 0.237 e. The lowest BCUT2D eigenvalue weighted by atomic mass is 9.81. The van der Waals surface area contributed by atoms with Crippen molar-refractivity contribution in [2.24, 2.45) is 11.3 Å². The first-order chi connectivity index (χ1) is 11.1. The van der Waals surface area contributed by atoms with Crippen molar-refractivity contribution < 1.29 is 9.53 Å². The van der Waals surface area contributed by atoms with Gasteiger partial charge < -0.3 is 15.4 Å². The summed E-state index contributed by atoms with van der Waals surface area (Å²) in [6.07, 6.45) is 4.38. The number of morpholine rings is 1. The molecule has 2 fully saturated rings. The number of hydrogen-bond donors (Lipinski definition) is 2. The molecule has 2 aliphatic heterocycles. The number of nitrogens with zero attached hydrogens (tertiary/aromatic N) is 1. The van der Waals surface area contributed by atoms with E-state index in [2.05, 4.69) is 36.3 Å². The number of amides is 1. The molecule has 2 N–H and O–H groups in total. The van der Waals surface area contributed by atoms with E-state index in [1.165, 1.54) is 0 Å². The summed E-state index contributed by atoms with van der Waals surface area (Å²) in [5.41, 5.74) is 0.240. The zero-order valence-electron chi connectivity index (χ0n) is 16.0. The second-order valence-electron chi connectivity index (χ2n) is 7.45. The first-order valence-electron chi connectivity index (χ1n) is 9.40. The highest BCUT2D eigenvalue weighted by atomic mass is 35.5. The number of halogens is 2. The van der Waals surface area contributed by atoms with Gasteiger partial charge in [-0.2, -0.15) is 0 Å². The maximum atomic E-state index is 13.0. The molecule has 0 aromatic heterocycles. The highest BCUT2D eigenvalue weighted by Crippen LogP contribution is 2.27. The molecule has 7 heteroatoms. The van der Waals surface area contributed by atoms with Gasteiger partial charge in [-0.15, -0.1) is 24.8 Å². The zero-order chi connectivity index (χ0) is 16.7. The minimum Gasteiger partial charge on any atom is -0.379 e. The van der Waals surface area contributed by atoms with Gasteiger partial charge in [-0.1, -0.05) is 33.6 Å². The number of hydrogen-bond acceptors (Lipinski definition) is 4. The van der Waals surface area contributed by atoms with E-state index in [0.717, 1.165) is 71.6 Å². The normalized spacial score (nSPS) is 21.8. The number of rotatable bonds is 7. The molecule has 0 radical (unpaired) electrons. The number of carbonyl (C=O) groups is 1. The van der Waals surface area contributed by atoms with Gasteiger partial charge in [0, 0.05) is 19.6 Å². The molecular weight excluding hydrogens is 361 g/mol. The summed E-state index contributed by atoms with van der Waals surface area (Å²) in [6, 6.07) is -0.000726. The van der Waals surface area contributed by atoms with E-state index in [0.29, 0.717) is 5.92 Å². The van der Waals surface area contributed by atoms with Gasteiger partial charge in [-0.3, -0.25) is 9.69 Å². The summed E-state index contributed by atoms with van der Waals surface area (Å²) >= 11 is 0. The van der Waals surface area contributed by atoms with Gasteiger partial charge in [-0.05, 0) is 37.3 Å². The SMILES string of the molecule is CCC(CC)C(C(=O)NCC1(C)CCNCC1)N1CCOCC1.Cl.Cl. The van der Waals surface area contributed by atoms with E-state index in [1.807, 2.05) is 0 Å². The van der Waals surface area contributed by atoms with E-state index in [9.17, 15) is 4.79 Å². The molecule has 5 nitrogen and oxygen atoms in total. The highest BCUT2D eigenvalue weighted by molar-refractivity contribution is 5.85. The smallest absolute Gasteiger partial charge is 0.237 e. The summed E-state index contributed by atoms with van der Waals surface area (Å²) < 4.78 is 5.47. The third kappa shape index (κ3) is 7.22. The molecule has 1 amide bonds. The standard InChI is InChI=1S/C18H35N3O2.2ClH/c1-4-15(5-2)16(21-10-12-23-13-11-21)17(22)20-14-18(3)6-8-19-9-7-18;;/h15-16,19H,4-14H2,1-3H3,(H,20,22);2*1H. The lowest BCUT2D eigenvalue weighted by molar-refractivity contribution is -0.131. The molecule has 2 heterocycles. The van der Waals surface area contributed by atoms with Gasteiger partial charge >= 0.3 is 0 Å². The van der Waals surface area contributed by atoms with Crippen molar-refractivity contribution >= 4 is 30.7 Å². The molecule has 2 rings (SSSR count). The van der Waals surface area contributed by atoms with Gasteiger partial charge in [0.05, 0.1) is 19.3 Å². The molecule has 0 saturated carbocycles. The molecule has 0 aromatic carbocycles. The largest absolute Gasteiger partial charge is 0.379 e. The molecule has 150 valence electrons. The third-order valence-corrected chi connectivity index (χ3v) is 5.70. The predicted octanol–water partition coefficient (Wildman–Crippen LogP) is 2.47. The van der Waals surface area contributed by atoms with Crippen LogP contribution in [0, 0.1) is 11.3 Å². The van der Waals surface area contributed by atoms with Crippen molar-refractivity contribution in [3.8, 4) is 0 Å².